The lowest BCUT2D eigenvalue weighted by Crippen LogP contribution is -2.48. The summed E-state index contributed by atoms with van der Waals surface area (Å²) in [7, 11) is 3.20. The first-order valence-electron chi connectivity index (χ1n) is 13.9. The van der Waals surface area contributed by atoms with Crippen molar-refractivity contribution in [2.75, 3.05) is 38.8 Å². The third-order valence-corrected chi connectivity index (χ3v) is 7.02. The number of nitrogens with zero attached hydrogens (tertiary/aromatic N) is 1. The van der Waals surface area contributed by atoms with Crippen molar-refractivity contribution in [2.24, 2.45) is 0 Å². The number of hydrogen-bond donors (Lipinski definition) is 3. The van der Waals surface area contributed by atoms with Crippen LogP contribution in [0, 0.1) is 0 Å². The van der Waals surface area contributed by atoms with Crippen molar-refractivity contribution in [3.8, 4) is 17.2 Å². The maximum atomic E-state index is 13.6. The molecule has 0 aromatic heterocycles. The number of carbonyl (C=O) groups is 2. The zero-order chi connectivity index (χ0) is 29.2. The lowest BCUT2D eigenvalue weighted by atomic mass is 10.00. The summed E-state index contributed by atoms with van der Waals surface area (Å²) in [4.78, 5) is 27.6. The number of amides is 2. The van der Waals surface area contributed by atoms with E-state index in [1.165, 1.54) is 0 Å². The summed E-state index contributed by atoms with van der Waals surface area (Å²) in [5.41, 5.74) is 2.93. The van der Waals surface area contributed by atoms with Gasteiger partial charge in [0.05, 0.1) is 33.0 Å². The van der Waals surface area contributed by atoms with E-state index in [1.54, 1.807) is 43.4 Å². The van der Waals surface area contributed by atoms with E-state index in [0.29, 0.717) is 61.0 Å². The average Bonchev–Trinajstić information content (AvgIpc) is 3.42. The Morgan fingerprint density at radius 2 is 1.69 bits per heavy atom. The highest BCUT2D eigenvalue weighted by Gasteiger charge is 2.26. The number of ether oxygens (including phenoxy) is 3. The average molecular weight is 598 g/mol. The smallest absolute Gasteiger partial charge is 0.251 e. The molecular formula is C32H40ClN3O6. The fourth-order valence-corrected chi connectivity index (χ4v) is 4.92. The molecule has 42 heavy (non-hydrogen) atoms. The molecule has 9 nitrogen and oxygen atoms in total. The van der Waals surface area contributed by atoms with E-state index in [0.717, 1.165) is 17.5 Å². The van der Waals surface area contributed by atoms with Crippen molar-refractivity contribution < 1.29 is 28.9 Å². The molecule has 0 spiro atoms. The van der Waals surface area contributed by atoms with Gasteiger partial charge in [-0.3, -0.25) is 9.59 Å². The number of methoxy groups -OCH3 is 2. The summed E-state index contributed by atoms with van der Waals surface area (Å²) in [6.07, 6.45) is 0.813. The minimum Gasteiger partial charge on any atom is -0.497 e. The first-order chi connectivity index (χ1) is 19.9. The van der Waals surface area contributed by atoms with Crippen LogP contribution >= 0.6 is 12.4 Å². The molecule has 226 valence electrons. The van der Waals surface area contributed by atoms with Gasteiger partial charge in [0, 0.05) is 49.4 Å². The third kappa shape index (κ3) is 8.85. The Morgan fingerprint density at radius 3 is 2.31 bits per heavy atom. The zero-order valence-electron chi connectivity index (χ0n) is 24.3. The van der Waals surface area contributed by atoms with Crippen molar-refractivity contribution in [1.82, 2.24) is 10.6 Å². The van der Waals surface area contributed by atoms with Crippen molar-refractivity contribution >= 4 is 29.9 Å². The lowest BCUT2D eigenvalue weighted by molar-refractivity contribution is -0.117. The molecule has 1 heterocycles. The van der Waals surface area contributed by atoms with Gasteiger partial charge in [0.15, 0.2) is 0 Å². The normalized spacial score (nSPS) is 14.1. The second-order valence-corrected chi connectivity index (χ2v) is 9.99. The summed E-state index contributed by atoms with van der Waals surface area (Å²) < 4.78 is 16.4. The van der Waals surface area contributed by atoms with Crippen molar-refractivity contribution in [1.29, 1.82) is 0 Å². The van der Waals surface area contributed by atoms with Crippen LogP contribution in [0.1, 0.15) is 41.3 Å². The standard InChI is InChI=1S/C32H39N3O6.ClH/c1-4-41-28-17-24(16-25(18-28)35-12-8-11-31(35)37)32(38)34-29(15-22-9-6-5-7-10-22)30(36)21-33-20-23-13-26(39-2)19-27(14-23)40-3;/h5-7,9-10,13-14,16-19,29-30,33,36H,4,8,11-12,15,20-21H2,1-3H3,(H,34,38);1H/t29-,30-;/m0./s1. The largest absolute Gasteiger partial charge is 0.497 e. The Kier molecular flexibility index (Phi) is 12.5. The lowest BCUT2D eigenvalue weighted by Gasteiger charge is -2.25. The van der Waals surface area contributed by atoms with Gasteiger partial charge < -0.3 is 34.9 Å². The van der Waals surface area contributed by atoms with Crippen molar-refractivity contribution in [3.05, 3.63) is 83.4 Å². The van der Waals surface area contributed by atoms with E-state index in [2.05, 4.69) is 10.6 Å². The molecule has 0 saturated carbocycles. The van der Waals surface area contributed by atoms with Crippen LogP contribution in [-0.2, 0) is 17.8 Å². The van der Waals surface area contributed by atoms with E-state index in [1.807, 2.05) is 49.4 Å². The van der Waals surface area contributed by atoms with E-state index in [-0.39, 0.29) is 30.8 Å². The van der Waals surface area contributed by atoms with E-state index >= 15 is 0 Å². The molecule has 0 bridgehead atoms. The second-order valence-electron chi connectivity index (χ2n) is 9.99. The first kappa shape index (κ1) is 32.7. The van der Waals surface area contributed by atoms with Crippen LogP contribution in [0.25, 0.3) is 0 Å². The predicted octanol–water partition coefficient (Wildman–Crippen LogP) is 4.14. The number of nitrogens with one attached hydrogen (secondary N) is 2. The van der Waals surface area contributed by atoms with Gasteiger partial charge in [-0.05, 0) is 55.2 Å². The van der Waals surface area contributed by atoms with Crippen LogP contribution in [0.15, 0.2) is 66.7 Å². The van der Waals surface area contributed by atoms with E-state index < -0.39 is 12.1 Å². The molecule has 3 aromatic rings. The zero-order valence-corrected chi connectivity index (χ0v) is 25.1. The van der Waals surface area contributed by atoms with Crippen LogP contribution < -0.4 is 29.7 Å². The molecule has 10 heteroatoms. The third-order valence-electron chi connectivity index (χ3n) is 7.02. The number of benzene rings is 3. The number of aliphatic hydroxyl groups excluding tert-OH is 1. The topological polar surface area (TPSA) is 109 Å². The maximum absolute atomic E-state index is 13.6. The SMILES string of the molecule is CCOc1cc(C(=O)N[C@@H](Cc2ccccc2)[C@@H](O)CNCc2cc(OC)cc(OC)c2)cc(N2CCCC2=O)c1.Cl. The minimum atomic E-state index is -0.888. The second kappa shape index (κ2) is 16.0. The molecule has 0 unspecified atom stereocenters. The molecule has 1 fully saturated rings. The fraction of sp³-hybridized carbons (Fsp3) is 0.375. The van der Waals surface area contributed by atoms with Crippen LogP contribution in [0.5, 0.6) is 17.2 Å². The molecule has 1 saturated heterocycles. The number of hydrogen-bond acceptors (Lipinski definition) is 7. The highest BCUT2D eigenvalue weighted by Crippen LogP contribution is 2.28. The van der Waals surface area contributed by atoms with Crippen molar-refractivity contribution in [2.45, 2.75) is 44.9 Å². The molecule has 0 aliphatic carbocycles. The molecule has 1 aliphatic rings. The van der Waals surface area contributed by atoms with Gasteiger partial charge in [0.2, 0.25) is 5.91 Å². The summed E-state index contributed by atoms with van der Waals surface area (Å²) in [5, 5.41) is 17.6. The van der Waals surface area contributed by atoms with E-state index in [4.69, 9.17) is 14.2 Å². The monoisotopic (exact) mass is 597 g/mol. The van der Waals surface area contributed by atoms with Gasteiger partial charge in [0.1, 0.15) is 17.2 Å². The molecular weight excluding hydrogens is 558 g/mol. The van der Waals surface area contributed by atoms with Crippen LogP contribution in [0.3, 0.4) is 0 Å². The van der Waals surface area contributed by atoms with Gasteiger partial charge in [-0.15, -0.1) is 12.4 Å². The molecule has 3 N–H and O–H groups in total. The molecule has 4 rings (SSSR count). The Morgan fingerprint density at radius 1 is 0.976 bits per heavy atom. The Bertz CT molecular complexity index is 1300. The van der Waals surface area contributed by atoms with Crippen LogP contribution in [0.4, 0.5) is 5.69 Å². The summed E-state index contributed by atoms with van der Waals surface area (Å²) in [6, 6.07) is 19.9. The molecule has 0 radical (unpaired) electrons. The Hall–Kier alpha value is -3.79. The molecule has 3 aromatic carbocycles. The quantitative estimate of drug-likeness (QED) is 0.256. The van der Waals surface area contributed by atoms with Crippen molar-refractivity contribution in [3.63, 3.8) is 0 Å². The first-order valence-corrected chi connectivity index (χ1v) is 13.9. The molecule has 1 aliphatic heterocycles. The fourth-order valence-electron chi connectivity index (χ4n) is 4.92. The van der Waals surface area contributed by atoms with Gasteiger partial charge in [-0.1, -0.05) is 30.3 Å². The van der Waals surface area contributed by atoms with Gasteiger partial charge in [0.25, 0.3) is 5.91 Å². The summed E-state index contributed by atoms with van der Waals surface area (Å²) in [5.74, 6) is 1.56. The Balaban J connectivity index is 0.00000484. The number of aliphatic hydroxyl groups is 1. The summed E-state index contributed by atoms with van der Waals surface area (Å²) >= 11 is 0. The molecule has 2 amide bonds. The van der Waals surface area contributed by atoms with Crippen LogP contribution in [0.2, 0.25) is 0 Å². The number of carbonyl (C=O) groups excluding carboxylic acids is 2. The van der Waals surface area contributed by atoms with Gasteiger partial charge >= 0.3 is 0 Å². The maximum Gasteiger partial charge on any atom is 0.251 e. The highest BCUT2D eigenvalue weighted by molar-refractivity contribution is 5.99. The van der Waals surface area contributed by atoms with E-state index in [9.17, 15) is 14.7 Å². The number of anilines is 1. The molecule has 2 atom stereocenters. The highest BCUT2D eigenvalue weighted by atomic mass is 35.5. The van der Waals surface area contributed by atoms with Gasteiger partial charge in [-0.25, -0.2) is 0 Å². The van der Waals surface area contributed by atoms with Crippen LogP contribution in [-0.4, -0.2) is 63.0 Å². The number of rotatable bonds is 14. The Labute approximate surface area is 253 Å². The predicted molar refractivity (Wildman–Crippen MR) is 165 cm³/mol. The van der Waals surface area contributed by atoms with Gasteiger partial charge in [-0.2, -0.15) is 0 Å². The minimum absolute atomic E-state index is 0. The number of halogens is 1. The summed E-state index contributed by atoms with van der Waals surface area (Å²) in [6.45, 7) is 3.62.